The SMILES string of the molecule is Cn1ccnc1SCC(O)COc1ccccc1N. The Labute approximate surface area is 116 Å². The molecular weight excluding hydrogens is 262 g/mol. The van der Waals surface area contributed by atoms with Gasteiger partial charge >= 0.3 is 0 Å². The van der Waals surface area contributed by atoms with Gasteiger partial charge in [-0.25, -0.2) is 4.98 Å². The molecule has 0 spiro atoms. The summed E-state index contributed by atoms with van der Waals surface area (Å²) in [4.78, 5) is 4.17. The molecule has 1 unspecified atom stereocenters. The Kier molecular flexibility index (Phi) is 4.70. The lowest BCUT2D eigenvalue weighted by Crippen LogP contribution is -2.20. The molecule has 3 N–H and O–H groups in total. The molecule has 2 aromatic rings. The van der Waals surface area contributed by atoms with Crippen LogP contribution in [0.1, 0.15) is 0 Å². The smallest absolute Gasteiger partial charge is 0.167 e. The highest BCUT2D eigenvalue weighted by molar-refractivity contribution is 7.99. The third-order valence-corrected chi connectivity index (χ3v) is 3.74. The lowest BCUT2D eigenvalue weighted by atomic mass is 10.3. The number of hydrogen-bond acceptors (Lipinski definition) is 5. The number of nitrogens with two attached hydrogens (primary N) is 1. The van der Waals surface area contributed by atoms with Gasteiger partial charge in [0.2, 0.25) is 0 Å². The van der Waals surface area contributed by atoms with Gasteiger partial charge in [-0.15, -0.1) is 0 Å². The fourth-order valence-corrected chi connectivity index (χ4v) is 2.35. The second-order valence-corrected chi connectivity index (χ2v) is 5.12. The molecule has 0 bridgehead atoms. The predicted octanol–water partition coefficient (Wildman–Crippen LogP) is 1.53. The molecular formula is C13H17N3O2S. The molecule has 0 radical (unpaired) electrons. The standard InChI is InChI=1S/C13H17N3O2S/c1-16-7-6-15-13(16)19-9-10(17)8-18-12-5-3-2-4-11(12)14/h2-7,10,17H,8-9,14H2,1H3. The van der Waals surface area contributed by atoms with Crippen LogP contribution in [-0.4, -0.2) is 33.1 Å². The van der Waals surface area contributed by atoms with E-state index in [1.54, 1.807) is 18.3 Å². The third kappa shape index (κ3) is 3.90. The zero-order chi connectivity index (χ0) is 13.7. The Morgan fingerprint density at radius 1 is 1.47 bits per heavy atom. The number of aliphatic hydroxyl groups excluding tert-OH is 1. The van der Waals surface area contributed by atoms with E-state index in [1.807, 2.05) is 29.9 Å². The quantitative estimate of drug-likeness (QED) is 0.620. The van der Waals surface area contributed by atoms with Crippen LogP contribution >= 0.6 is 11.8 Å². The summed E-state index contributed by atoms with van der Waals surface area (Å²) < 4.78 is 7.39. The molecule has 2 rings (SSSR count). The Hall–Kier alpha value is -1.66. The van der Waals surface area contributed by atoms with Gasteiger partial charge in [-0.05, 0) is 12.1 Å². The molecule has 0 amide bonds. The fraction of sp³-hybridized carbons (Fsp3) is 0.308. The van der Waals surface area contributed by atoms with E-state index in [9.17, 15) is 5.11 Å². The fourth-order valence-electron chi connectivity index (χ4n) is 1.51. The van der Waals surface area contributed by atoms with E-state index in [0.29, 0.717) is 17.2 Å². The van der Waals surface area contributed by atoms with Crippen molar-refractivity contribution in [2.45, 2.75) is 11.3 Å². The minimum atomic E-state index is -0.568. The topological polar surface area (TPSA) is 73.3 Å². The summed E-state index contributed by atoms with van der Waals surface area (Å²) in [6.07, 6.45) is 3.03. The number of aryl methyl sites for hydroxylation is 1. The number of thioether (sulfide) groups is 1. The highest BCUT2D eigenvalue weighted by Crippen LogP contribution is 2.21. The first kappa shape index (κ1) is 13.8. The number of hydrogen-bond donors (Lipinski definition) is 2. The van der Waals surface area contributed by atoms with Crippen LogP contribution in [0.5, 0.6) is 5.75 Å². The van der Waals surface area contributed by atoms with Gasteiger partial charge < -0.3 is 20.1 Å². The first-order valence-corrected chi connectivity index (χ1v) is 6.91. The monoisotopic (exact) mass is 279 g/mol. The molecule has 19 heavy (non-hydrogen) atoms. The molecule has 0 saturated heterocycles. The molecule has 5 nitrogen and oxygen atoms in total. The van der Waals surface area contributed by atoms with Gasteiger partial charge in [0.15, 0.2) is 5.16 Å². The molecule has 1 atom stereocenters. The van der Waals surface area contributed by atoms with E-state index in [-0.39, 0.29) is 6.61 Å². The Balaban J connectivity index is 1.77. The van der Waals surface area contributed by atoms with Gasteiger partial charge in [-0.3, -0.25) is 0 Å². The van der Waals surface area contributed by atoms with E-state index in [0.717, 1.165) is 5.16 Å². The summed E-state index contributed by atoms with van der Waals surface area (Å²) in [5.41, 5.74) is 6.33. The molecule has 0 fully saturated rings. The van der Waals surface area contributed by atoms with Crippen molar-refractivity contribution in [3.63, 3.8) is 0 Å². The van der Waals surface area contributed by atoms with Crippen molar-refractivity contribution in [1.82, 2.24) is 9.55 Å². The minimum absolute atomic E-state index is 0.214. The van der Waals surface area contributed by atoms with Crippen molar-refractivity contribution < 1.29 is 9.84 Å². The Bertz CT molecular complexity index is 530. The van der Waals surface area contributed by atoms with Crippen molar-refractivity contribution in [3.8, 4) is 5.75 Å². The van der Waals surface area contributed by atoms with Crippen molar-refractivity contribution in [2.24, 2.45) is 7.05 Å². The van der Waals surface area contributed by atoms with Gasteiger partial charge in [-0.1, -0.05) is 23.9 Å². The Morgan fingerprint density at radius 2 is 2.26 bits per heavy atom. The lowest BCUT2D eigenvalue weighted by molar-refractivity contribution is 0.127. The number of rotatable bonds is 6. The first-order valence-electron chi connectivity index (χ1n) is 5.92. The third-order valence-electron chi connectivity index (χ3n) is 2.53. The van der Waals surface area contributed by atoms with Crippen LogP contribution < -0.4 is 10.5 Å². The maximum absolute atomic E-state index is 9.87. The molecule has 0 saturated carbocycles. The zero-order valence-electron chi connectivity index (χ0n) is 10.7. The normalized spacial score (nSPS) is 12.3. The number of para-hydroxylation sites is 2. The van der Waals surface area contributed by atoms with Crippen molar-refractivity contribution in [1.29, 1.82) is 0 Å². The largest absolute Gasteiger partial charge is 0.489 e. The van der Waals surface area contributed by atoms with E-state index in [1.165, 1.54) is 11.8 Å². The summed E-state index contributed by atoms with van der Waals surface area (Å²) >= 11 is 1.49. The molecule has 0 aliphatic rings. The van der Waals surface area contributed by atoms with Crippen LogP contribution in [0.15, 0.2) is 41.8 Å². The number of nitrogens with zero attached hydrogens (tertiary/aromatic N) is 2. The number of ether oxygens (including phenoxy) is 1. The van der Waals surface area contributed by atoms with Crippen molar-refractivity contribution in [2.75, 3.05) is 18.1 Å². The van der Waals surface area contributed by atoms with Crippen LogP contribution in [0.25, 0.3) is 0 Å². The molecule has 102 valence electrons. The summed E-state index contributed by atoms with van der Waals surface area (Å²) in [5.74, 6) is 1.13. The number of anilines is 1. The highest BCUT2D eigenvalue weighted by atomic mass is 32.2. The van der Waals surface area contributed by atoms with Gasteiger partial charge in [0, 0.05) is 25.2 Å². The molecule has 1 aromatic carbocycles. The number of aromatic nitrogens is 2. The van der Waals surface area contributed by atoms with E-state index in [4.69, 9.17) is 10.5 Å². The summed E-state index contributed by atoms with van der Waals surface area (Å²) in [7, 11) is 1.92. The average molecular weight is 279 g/mol. The summed E-state index contributed by atoms with van der Waals surface area (Å²) in [5, 5.41) is 10.7. The maximum atomic E-state index is 9.87. The molecule has 0 aliphatic carbocycles. The summed E-state index contributed by atoms with van der Waals surface area (Å²) in [6, 6.07) is 7.24. The second-order valence-electron chi connectivity index (χ2n) is 4.13. The number of imidazole rings is 1. The predicted molar refractivity (Wildman–Crippen MR) is 76.3 cm³/mol. The van der Waals surface area contributed by atoms with Gasteiger partial charge in [0.25, 0.3) is 0 Å². The molecule has 6 heteroatoms. The van der Waals surface area contributed by atoms with Gasteiger partial charge in [0.1, 0.15) is 12.4 Å². The lowest BCUT2D eigenvalue weighted by Gasteiger charge is -2.13. The maximum Gasteiger partial charge on any atom is 0.167 e. The van der Waals surface area contributed by atoms with Crippen LogP contribution in [0.4, 0.5) is 5.69 Å². The molecule has 1 aromatic heterocycles. The van der Waals surface area contributed by atoms with Gasteiger partial charge in [-0.2, -0.15) is 0 Å². The average Bonchev–Trinajstić information content (AvgIpc) is 2.81. The number of benzene rings is 1. The zero-order valence-corrected chi connectivity index (χ0v) is 11.5. The van der Waals surface area contributed by atoms with E-state index < -0.39 is 6.10 Å². The van der Waals surface area contributed by atoms with Crippen LogP contribution in [0.2, 0.25) is 0 Å². The molecule has 1 heterocycles. The van der Waals surface area contributed by atoms with E-state index >= 15 is 0 Å². The number of aliphatic hydroxyl groups is 1. The number of nitrogen functional groups attached to an aromatic ring is 1. The van der Waals surface area contributed by atoms with Crippen molar-refractivity contribution in [3.05, 3.63) is 36.7 Å². The van der Waals surface area contributed by atoms with Crippen LogP contribution in [0, 0.1) is 0 Å². The van der Waals surface area contributed by atoms with E-state index in [2.05, 4.69) is 4.98 Å². The minimum Gasteiger partial charge on any atom is -0.489 e. The highest BCUT2D eigenvalue weighted by Gasteiger charge is 2.09. The molecule has 0 aliphatic heterocycles. The summed E-state index contributed by atoms with van der Waals surface area (Å²) in [6.45, 7) is 0.214. The first-order chi connectivity index (χ1) is 9.16. The van der Waals surface area contributed by atoms with Crippen molar-refractivity contribution >= 4 is 17.4 Å². The van der Waals surface area contributed by atoms with Crippen LogP contribution in [0.3, 0.4) is 0 Å². The second kappa shape index (κ2) is 6.49. The van der Waals surface area contributed by atoms with Gasteiger partial charge in [0.05, 0.1) is 11.8 Å². The Morgan fingerprint density at radius 3 is 2.95 bits per heavy atom. The van der Waals surface area contributed by atoms with Crippen LogP contribution in [-0.2, 0) is 7.05 Å².